The normalized spacial score (nSPS) is 19.5. The van der Waals surface area contributed by atoms with Gasteiger partial charge in [0.2, 0.25) is 0 Å². The van der Waals surface area contributed by atoms with Crippen molar-refractivity contribution in [2.45, 2.75) is 45.1 Å². The van der Waals surface area contributed by atoms with Gasteiger partial charge in [0.1, 0.15) is 0 Å². The van der Waals surface area contributed by atoms with E-state index in [0.29, 0.717) is 12.6 Å². The molecule has 72 valence electrons. The average Bonchev–Trinajstić information content (AvgIpc) is 2.87. The first kappa shape index (κ1) is 10.0. The quantitative estimate of drug-likeness (QED) is 0.635. The van der Waals surface area contributed by atoms with Crippen molar-refractivity contribution >= 4 is 0 Å². The zero-order valence-corrected chi connectivity index (χ0v) is 8.09. The second kappa shape index (κ2) is 5.55. The fourth-order valence-electron chi connectivity index (χ4n) is 1.40. The molecule has 1 rings (SSSR count). The summed E-state index contributed by atoms with van der Waals surface area (Å²) in [5.74, 6) is 0.977. The molecule has 0 saturated heterocycles. The van der Waals surface area contributed by atoms with Crippen LogP contribution in [0.15, 0.2) is 0 Å². The van der Waals surface area contributed by atoms with E-state index in [-0.39, 0.29) is 0 Å². The minimum atomic E-state index is 0.314. The van der Waals surface area contributed by atoms with E-state index in [1.165, 1.54) is 25.7 Å². The second-order valence-corrected chi connectivity index (χ2v) is 3.75. The molecular formula is C10H21NO. The molecule has 0 bridgehead atoms. The van der Waals surface area contributed by atoms with E-state index in [4.69, 9.17) is 10.5 Å². The van der Waals surface area contributed by atoms with Crippen LogP contribution in [0.4, 0.5) is 0 Å². The largest absolute Gasteiger partial charge is 0.377 e. The number of ether oxygens (including phenoxy) is 1. The van der Waals surface area contributed by atoms with Crippen LogP contribution in [0.5, 0.6) is 0 Å². The lowest BCUT2D eigenvalue weighted by atomic mass is 10.2. The number of rotatable bonds is 7. The maximum atomic E-state index is 5.66. The molecule has 0 aromatic rings. The van der Waals surface area contributed by atoms with Gasteiger partial charge in [-0.3, -0.25) is 0 Å². The highest BCUT2D eigenvalue weighted by Crippen LogP contribution is 2.32. The van der Waals surface area contributed by atoms with Gasteiger partial charge in [-0.15, -0.1) is 0 Å². The summed E-state index contributed by atoms with van der Waals surface area (Å²) in [6.07, 6.45) is 6.69. The van der Waals surface area contributed by atoms with Gasteiger partial charge in [-0.25, -0.2) is 0 Å². The zero-order valence-electron chi connectivity index (χ0n) is 8.09. The van der Waals surface area contributed by atoms with Crippen LogP contribution in [0.1, 0.15) is 39.0 Å². The third kappa shape index (κ3) is 4.07. The maximum absolute atomic E-state index is 5.66. The van der Waals surface area contributed by atoms with Crippen molar-refractivity contribution in [1.29, 1.82) is 0 Å². The number of hydrogen-bond acceptors (Lipinski definition) is 2. The topological polar surface area (TPSA) is 35.2 Å². The third-order valence-corrected chi connectivity index (χ3v) is 2.45. The Labute approximate surface area is 75.5 Å². The minimum absolute atomic E-state index is 0.314. The van der Waals surface area contributed by atoms with Gasteiger partial charge >= 0.3 is 0 Å². The molecule has 1 atom stereocenters. The molecule has 2 nitrogen and oxygen atoms in total. The summed E-state index contributed by atoms with van der Waals surface area (Å²) in [5.41, 5.74) is 5.57. The van der Waals surface area contributed by atoms with Crippen molar-refractivity contribution in [1.82, 2.24) is 0 Å². The van der Waals surface area contributed by atoms with Crippen LogP contribution < -0.4 is 5.73 Å². The summed E-state index contributed by atoms with van der Waals surface area (Å²) < 4.78 is 5.66. The standard InChI is InChI=1S/C10H21NO/c1-2-3-10(8-11)12-7-6-9-4-5-9/h9-10H,2-8,11H2,1H3. The molecule has 2 N–H and O–H groups in total. The van der Waals surface area contributed by atoms with Crippen molar-refractivity contribution < 1.29 is 4.74 Å². The highest BCUT2D eigenvalue weighted by atomic mass is 16.5. The Morgan fingerprint density at radius 3 is 2.75 bits per heavy atom. The molecule has 0 aliphatic heterocycles. The van der Waals surface area contributed by atoms with Crippen LogP contribution in [-0.2, 0) is 4.74 Å². The van der Waals surface area contributed by atoms with Gasteiger partial charge in [0.15, 0.2) is 0 Å². The first-order chi connectivity index (χ1) is 5.86. The zero-order chi connectivity index (χ0) is 8.81. The Kier molecular flexibility index (Phi) is 4.62. The Balaban J connectivity index is 1.93. The van der Waals surface area contributed by atoms with E-state index in [2.05, 4.69) is 6.92 Å². The van der Waals surface area contributed by atoms with Crippen molar-refractivity contribution in [2.24, 2.45) is 11.7 Å². The van der Waals surface area contributed by atoms with Gasteiger partial charge in [-0.05, 0) is 18.8 Å². The molecule has 0 amide bonds. The Morgan fingerprint density at radius 2 is 2.25 bits per heavy atom. The summed E-state index contributed by atoms with van der Waals surface area (Å²) in [4.78, 5) is 0. The monoisotopic (exact) mass is 171 g/mol. The lowest BCUT2D eigenvalue weighted by Crippen LogP contribution is -2.24. The Hall–Kier alpha value is -0.0800. The predicted molar refractivity (Wildman–Crippen MR) is 51.0 cm³/mol. The molecule has 1 fully saturated rings. The molecule has 0 heterocycles. The van der Waals surface area contributed by atoms with E-state index < -0.39 is 0 Å². The molecule has 1 aliphatic rings. The van der Waals surface area contributed by atoms with E-state index in [9.17, 15) is 0 Å². The van der Waals surface area contributed by atoms with Crippen LogP contribution in [0, 0.1) is 5.92 Å². The van der Waals surface area contributed by atoms with Crippen LogP contribution in [0.25, 0.3) is 0 Å². The van der Waals surface area contributed by atoms with Crippen LogP contribution >= 0.6 is 0 Å². The fourth-order valence-corrected chi connectivity index (χ4v) is 1.40. The van der Waals surface area contributed by atoms with Gasteiger partial charge in [0, 0.05) is 13.2 Å². The first-order valence-corrected chi connectivity index (χ1v) is 5.18. The van der Waals surface area contributed by atoms with Crippen molar-refractivity contribution in [3.8, 4) is 0 Å². The Morgan fingerprint density at radius 1 is 1.50 bits per heavy atom. The van der Waals surface area contributed by atoms with Gasteiger partial charge in [0.25, 0.3) is 0 Å². The lowest BCUT2D eigenvalue weighted by Gasteiger charge is -2.14. The maximum Gasteiger partial charge on any atom is 0.0697 e. The van der Waals surface area contributed by atoms with Crippen LogP contribution in [-0.4, -0.2) is 19.3 Å². The van der Waals surface area contributed by atoms with E-state index in [1.807, 2.05) is 0 Å². The lowest BCUT2D eigenvalue weighted by molar-refractivity contribution is 0.0490. The average molecular weight is 171 g/mol. The molecule has 1 saturated carbocycles. The van der Waals surface area contributed by atoms with Gasteiger partial charge in [0.05, 0.1) is 6.10 Å². The molecule has 12 heavy (non-hydrogen) atoms. The fraction of sp³-hybridized carbons (Fsp3) is 1.00. The second-order valence-electron chi connectivity index (χ2n) is 3.75. The summed E-state index contributed by atoms with van der Waals surface area (Å²) >= 11 is 0. The third-order valence-electron chi connectivity index (χ3n) is 2.45. The highest BCUT2D eigenvalue weighted by Gasteiger charge is 2.20. The summed E-state index contributed by atoms with van der Waals surface area (Å²) in [7, 11) is 0. The molecule has 1 unspecified atom stereocenters. The highest BCUT2D eigenvalue weighted by molar-refractivity contribution is 4.72. The molecule has 1 aliphatic carbocycles. The van der Waals surface area contributed by atoms with E-state index >= 15 is 0 Å². The van der Waals surface area contributed by atoms with E-state index in [0.717, 1.165) is 18.9 Å². The van der Waals surface area contributed by atoms with Crippen LogP contribution in [0.3, 0.4) is 0 Å². The Bertz CT molecular complexity index is 112. The van der Waals surface area contributed by atoms with E-state index in [1.54, 1.807) is 0 Å². The van der Waals surface area contributed by atoms with Gasteiger partial charge in [-0.1, -0.05) is 26.2 Å². The van der Waals surface area contributed by atoms with Crippen molar-refractivity contribution in [2.75, 3.05) is 13.2 Å². The van der Waals surface area contributed by atoms with Crippen LogP contribution in [0.2, 0.25) is 0 Å². The molecular weight excluding hydrogens is 150 g/mol. The summed E-state index contributed by atoms with van der Waals surface area (Å²) in [5, 5.41) is 0. The SMILES string of the molecule is CCCC(CN)OCCC1CC1. The van der Waals surface area contributed by atoms with Gasteiger partial charge < -0.3 is 10.5 Å². The first-order valence-electron chi connectivity index (χ1n) is 5.18. The minimum Gasteiger partial charge on any atom is -0.377 e. The molecule has 2 heteroatoms. The molecule has 0 aromatic carbocycles. The smallest absolute Gasteiger partial charge is 0.0697 e. The summed E-state index contributed by atoms with van der Waals surface area (Å²) in [6, 6.07) is 0. The molecule has 0 spiro atoms. The molecule has 0 radical (unpaired) electrons. The van der Waals surface area contributed by atoms with Crippen molar-refractivity contribution in [3.63, 3.8) is 0 Å². The predicted octanol–water partition coefficient (Wildman–Crippen LogP) is 1.93. The number of nitrogens with two attached hydrogens (primary N) is 1. The molecule has 0 aromatic heterocycles. The van der Waals surface area contributed by atoms with Crippen molar-refractivity contribution in [3.05, 3.63) is 0 Å². The van der Waals surface area contributed by atoms with Gasteiger partial charge in [-0.2, -0.15) is 0 Å². The number of hydrogen-bond donors (Lipinski definition) is 1. The summed E-state index contributed by atoms with van der Waals surface area (Å²) in [6.45, 7) is 3.78.